The van der Waals surface area contributed by atoms with Gasteiger partial charge in [-0.05, 0) is 43.0 Å². The van der Waals surface area contributed by atoms with E-state index in [9.17, 15) is 4.79 Å². The van der Waals surface area contributed by atoms with E-state index >= 15 is 0 Å². The number of hydrogen-bond donors (Lipinski definition) is 0. The SMILES string of the molecule is CCN(C(=O)CCSCc1nnnn1C1CCCCC1)C1CCCCC1. The van der Waals surface area contributed by atoms with Crippen LogP contribution >= 0.6 is 11.8 Å². The molecular formula is C19H33N5OS. The lowest BCUT2D eigenvalue weighted by molar-refractivity contribution is -0.133. The van der Waals surface area contributed by atoms with Gasteiger partial charge in [0.2, 0.25) is 5.91 Å². The van der Waals surface area contributed by atoms with Gasteiger partial charge >= 0.3 is 0 Å². The minimum atomic E-state index is 0.318. The molecule has 0 bridgehead atoms. The number of rotatable bonds is 8. The maximum atomic E-state index is 12.6. The second-order valence-electron chi connectivity index (χ2n) is 7.61. The summed E-state index contributed by atoms with van der Waals surface area (Å²) >= 11 is 1.78. The molecule has 0 aromatic carbocycles. The molecule has 0 aliphatic heterocycles. The lowest BCUT2D eigenvalue weighted by atomic mass is 9.94. The van der Waals surface area contributed by atoms with E-state index in [1.165, 1.54) is 64.2 Å². The van der Waals surface area contributed by atoms with Crippen molar-refractivity contribution in [3.05, 3.63) is 5.82 Å². The largest absolute Gasteiger partial charge is 0.340 e. The molecule has 146 valence electrons. The Labute approximate surface area is 161 Å². The summed E-state index contributed by atoms with van der Waals surface area (Å²) in [6.45, 7) is 2.95. The van der Waals surface area contributed by atoms with E-state index in [1.807, 2.05) is 4.68 Å². The number of carbonyl (C=O) groups excluding carboxylic acids is 1. The molecule has 0 N–H and O–H groups in total. The standard InChI is InChI=1S/C19H33N5OS/c1-2-23(16-9-5-3-6-10-16)19(25)13-14-26-15-18-20-21-22-24(18)17-11-7-4-8-12-17/h16-17H,2-15H2,1H3. The zero-order valence-corrected chi connectivity index (χ0v) is 16.9. The Kier molecular flexibility index (Phi) is 7.77. The number of tetrazole rings is 1. The number of aromatic nitrogens is 4. The molecule has 6 nitrogen and oxygen atoms in total. The van der Waals surface area contributed by atoms with Gasteiger partial charge in [0.05, 0.1) is 11.8 Å². The van der Waals surface area contributed by atoms with E-state index in [-0.39, 0.29) is 0 Å². The summed E-state index contributed by atoms with van der Waals surface area (Å²) in [6, 6.07) is 0.947. The highest BCUT2D eigenvalue weighted by Crippen LogP contribution is 2.28. The summed E-state index contributed by atoms with van der Waals surface area (Å²) in [7, 11) is 0. The Bertz CT molecular complexity index is 552. The molecule has 2 aliphatic carbocycles. The predicted molar refractivity (Wildman–Crippen MR) is 105 cm³/mol. The Morgan fingerprint density at radius 2 is 1.81 bits per heavy atom. The molecule has 1 amide bonds. The van der Waals surface area contributed by atoms with Crippen LogP contribution in [0.4, 0.5) is 0 Å². The van der Waals surface area contributed by atoms with Crippen molar-refractivity contribution >= 4 is 17.7 Å². The Morgan fingerprint density at radius 3 is 2.50 bits per heavy atom. The van der Waals surface area contributed by atoms with Gasteiger partial charge in [0.25, 0.3) is 0 Å². The molecule has 7 heteroatoms. The van der Waals surface area contributed by atoms with E-state index < -0.39 is 0 Å². The van der Waals surface area contributed by atoms with E-state index in [2.05, 4.69) is 27.3 Å². The molecule has 26 heavy (non-hydrogen) atoms. The first-order valence-corrected chi connectivity index (χ1v) is 11.6. The minimum Gasteiger partial charge on any atom is -0.340 e. The molecule has 1 aromatic rings. The van der Waals surface area contributed by atoms with Crippen molar-refractivity contribution in [3.63, 3.8) is 0 Å². The predicted octanol–water partition coefficient (Wildman–Crippen LogP) is 3.98. The Hall–Kier alpha value is -1.11. The maximum absolute atomic E-state index is 12.6. The van der Waals surface area contributed by atoms with Crippen LogP contribution in [0.2, 0.25) is 0 Å². The van der Waals surface area contributed by atoms with Crippen LogP contribution in [0.1, 0.15) is 89.4 Å². The second kappa shape index (κ2) is 10.3. The minimum absolute atomic E-state index is 0.318. The average molecular weight is 380 g/mol. The van der Waals surface area contributed by atoms with Gasteiger partial charge in [-0.15, -0.1) is 5.10 Å². The molecular weight excluding hydrogens is 346 g/mol. The molecule has 0 saturated heterocycles. The van der Waals surface area contributed by atoms with Crippen LogP contribution in [0.25, 0.3) is 0 Å². The highest BCUT2D eigenvalue weighted by Gasteiger charge is 2.24. The fourth-order valence-electron chi connectivity index (χ4n) is 4.41. The number of carbonyl (C=O) groups is 1. The number of thioether (sulfide) groups is 1. The second-order valence-corrected chi connectivity index (χ2v) is 8.71. The third kappa shape index (κ3) is 5.21. The third-order valence-electron chi connectivity index (χ3n) is 5.85. The molecule has 0 radical (unpaired) electrons. The van der Waals surface area contributed by atoms with Gasteiger partial charge in [0.1, 0.15) is 0 Å². The first-order chi connectivity index (χ1) is 12.8. The lowest BCUT2D eigenvalue weighted by Gasteiger charge is -2.33. The first kappa shape index (κ1) is 19.6. The van der Waals surface area contributed by atoms with Crippen LogP contribution in [-0.2, 0) is 10.5 Å². The summed E-state index contributed by atoms with van der Waals surface area (Å²) in [5.41, 5.74) is 0. The summed E-state index contributed by atoms with van der Waals surface area (Å²) in [6.07, 6.45) is 13.1. The normalized spacial score (nSPS) is 19.6. The van der Waals surface area contributed by atoms with E-state index in [0.29, 0.717) is 24.4 Å². The molecule has 2 aliphatic rings. The van der Waals surface area contributed by atoms with Crippen molar-refractivity contribution in [2.45, 2.75) is 95.4 Å². The van der Waals surface area contributed by atoms with Crippen LogP contribution in [-0.4, -0.2) is 49.4 Å². The van der Waals surface area contributed by atoms with Gasteiger partial charge in [-0.25, -0.2) is 4.68 Å². The van der Waals surface area contributed by atoms with Crippen molar-refractivity contribution in [2.75, 3.05) is 12.3 Å². The summed E-state index contributed by atoms with van der Waals surface area (Å²) < 4.78 is 2.04. The van der Waals surface area contributed by atoms with Gasteiger partial charge < -0.3 is 4.90 Å². The molecule has 2 saturated carbocycles. The van der Waals surface area contributed by atoms with Crippen LogP contribution in [0, 0.1) is 0 Å². The number of nitrogens with zero attached hydrogens (tertiary/aromatic N) is 5. The average Bonchev–Trinajstić information content (AvgIpc) is 3.16. The van der Waals surface area contributed by atoms with Gasteiger partial charge in [0, 0.05) is 24.8 Å². The van der Waals surface area contributed by atoms with Crippen LogP contribution in [0.5, 0.6) is 0 Å². The topological polar surface area (TPSA) is 63.9 Å². The van der Waals surface area contributed by atoms with Crippen molar-refractivity contribution in [1.82, 2.24) is 25.1 Å². The van der Waals surface area contributed by atoms with Gasteiger partial charge in [0.15, 0.2) is 5.82 Å². The molecule has 0 atom stereocenters. The van der Waals surface area contributed by atoms with E-state index in [1.54, 1.807) is 11.8 Å². The van der Waals surface area contributed by atoms with Crippen LogP contribution in [0.15, 0.2) is 0 Å². The monoisotopic (exact) mass is 379 g/mol. The van der Waals surface area contributed by atoms with Crippen LogP contribution < -0.4 is 0 Å². The smallest absolute Gasteiger partial charge is 0.223 e. The highest BCUT2D eigenvalue weighted by molar-refractivity contribution is 7.98. The molecule has 3 rings (SSSR count). The zero-order valence-electron chi connectivity index (χ0n) is 16.1. The molecule has 1 aromatic heterocycles. The van der Waals surface area contributed by atoms with Gasteiger partial charge in [-0.2, -0.15) is 11.8 Å². The number of hydrogen-bond acceptors (Lipinski definition) is 5. The fraction of sp³-hybridized carbons (Fsp3) is 0.895. The van der Waals surface area contributed by atoms with Crippen molar-refractivity contribution in [1.29, 1.82) is 0 Å². The Morgan fingerprint density at radius 1 is 1.12 bits per heavy atom. The highest BCUT2D eigenvalue weighted by atomic mass is 32.2. The van der Waals surface area contributed by atoms with Crippen LogP contribution in [0.3, 0.4) is 0 Å². The molecule has 1 heterocycles. The maximum Gasteiger partial charge on any atom is 0.223 e. The van der Waals surface area contributed by atoms with Gasteiger partial charge in [-0.3, -0.25) is 4.79 Å². The Balaban J connectivity index is 1.42. The van der Waals surface area contributed by atoms with Crippen molar-refractivity contribution in [2.24, 2.45) is 0 Å². The first-order valence-electron chi connectivity index (χ1n) is 10.4. The third-order valence-corrected chi connectivity index (χ3v) is 6.80. The molecule has 2 fully saturated rings. The fourth-order valence-corrected chi connectivity index (χ4v) is 5.25. The zero-order chi connectivity index (χ0) is 18.2. The number of amides is 1. The van der Waals surface area contributed by atoms with Gasteiger partial charge in [-0.1, -0.05) is 38.5 Å². The van der Waals surface area contributed by atoms with E-state index in [0.717, 1.165) is 23.9 Å². The van der Waals surface area contributed by atoms with Crippen molar-refractivity contribution < 1.29 is 4.79 Å². The molecule has 0 spiro atoms. The van der Waals surface area contributed by atoms with Crippen molar-refractivity contribution in [3.8, 4) is 0 Å². The summed E-state index contributed by atoms with van der Waals surface area (Å²) in [4.78, 5) is 14.7. The lowest BCUT2D eigenvalue weighted by Crippen LogP contribution is -2.41. The molecule has 0 unspecified atom stereocenters. The van der Waals surface area contributed by atoms with E-state index in [4.69, 9.17) is 0 Å². The quantitative estimate of drug-likeness (QED) is 0.639. The summed E-state index contributed by atoms with van der Waals surface area (Å²) in [5.74, 6) is 2.93. The summed E-state index contributed by atoms with van der Waals surface area (Å²) in [5, 5.41) is 12.3.